The molecule has 1 amide bonds. The van der Waals surface area contributed by atoms with Crippen molar-refractivity contribution in [2.75, 3.05) is 6.61 Å². The number of hydrogen-bond acceptors (Lipinski definition) is 8. The maximum absolute atomic E-state index is 12.6. The molecule has 2 aromatic heterocycles. The Balaban J connectivity index is 1.61. The van der Waals surface area contributed by atoms with Crippen LogP contribution >= 0.6 is 0 Å². The van der Waals surface area contributed by atoms with Crippen LogP contribution in [0.1, 0.15) is 36.0 Å². The number of carbonyl (C=O) groups excluding carboxylic acids is 1. The predicted molar refractivity (Wildman–Crippen MR) is 102 cm³/mol. The lowest BCUT2D eigenvalue weighted by molar-refractivity contribution is -0.200. The van der Waals surface area contributed by atoms with Crippen LogP contribution in [0.5, 0.6) is 0 Å². The van der Waals surface area contributed by atoms with Gasteiger partial charge in [0.2, 0.25) is 0 Å². The first kappa shape index (κ1) is 20.4. The van der Waals surface area contributed by atoms with E-state index in [-0.39, 0.29) is 18.7 Å². The Morgan fingerprint density at radius 2 is 1.97 bits per heavy atom. The normalized spacial score (nSPS) is 27.0. The number of amides is 1. The summed E-state index contributed by atoms with van der Waals surface area (Å²) in [5.74, 6) is -1.58. The Hall–Kier alpha value is -2.86. The second kappa shape index (κ2) is 7.76. The third-order valence-corrected chi connectivity index (χ3v) is 4.99. The Bertz CT molecular complexity index is 1050. The molecule has 2 aliphatic heterocycles. The van der Waals surface area contributed by atoms with Crippen molar-refractivity contribution >= 4 is 5.91 Å². The lowest BCUT2D eigenvalue weighted by atomic mass is 10.1. The van der Waals surface area contributed by atoms with Crippen molar-refractivity contribution in [1.82, 2.24) is 19.9 Å². The lowest BCUT2D eigenvalue weighted by Crippen LogP contribution is -2.41. The zero-order valence-corrected chi connectivity index (χ0v) is 16.4. The third-order valence-electron chi connectivity index (χ3n) is 4.99. The predicted octanol–water partition coefficient (Wildman–Crippen LogP) is -0.729. The molecule has 2 saturated heterocycles. The van der Waals surface area contributed by atoms with Gasteiger partial charge in [0.05, 0.1) is 6.61 Å². The highest BCUT2D eigenvalue weighted by Crippen LogP contribution is 2.42. The minimum absolute atomic E-state index is 0.183. The van der Waals surface area contributed by atoms with Crippen molar-refractivity contribution in [3.8, 4) is 0 Å². The highest BCUT2D eigenvalue weighted by atomic mass is 16.8. The zero-order chi connectivity index (χ0) is 21.5. The molecule has 3 N–H and O–H groups in total. The van der Waals surface area contributed by atoms with Crippen LogP contribution in [-0.4, -0.2) is 56.3 Å². The van der Waals surface area contributed by atoms with Gasteiger partial charge in [-0.15, -0.1) is 0 Å². The van der Waals surface area contributed by atoms with Gasteiger partial charge in [0, 0.05) is 25.1 Å². The van der Waals surface area contributed by atoms with Crippen molar-refractivity contribution in [3.05, 3.63) is 62.7 Å². The van der Waals surface area contributed by atoms with E-state index in [1.165, 1.54) is 0 Å². The fraction of sp³-hybridized carbons (Fsp3) is 0.474. The molecule has 0 bridgehead atoms. The van der Waals surface area contributed by atoms with E-state index in [1.807, 2.05) is 0 Å². The fourth-order valence-corrected chi connectivity index (χ4v) is 3.64. The van der Waals surface area contributed by atoms with E-state index in [2.05, 4.69) is 15.3 Å². The summed E-state index contributed by atoms with van der Waals surface area (Å²) in [6.07, 6.45) is 1.32. The molecule has 4 rings (SSSR count). The number of rotatable bonds is 5. The van der Waals surface area contributed by atoms with E-state index < -0.39 is 47.5 Å². The SMILES string of the molecule is CC1(C)O[C@@H]2[C@H](O1)[C@@H](CO)O[C@H]2n1cc(C(=O)NCc2ccncc2)c(=O)[nH]c1=O. The summed E-state index contributed by atoms with van der Waals surface area (Å²) >= 11 is 0. The average Bonchev–Trinajstić information content (AvgIpc) is 3.20. The number of ether oxygens (including phenoxy) is 3. The second-order valence-corrected chi connectivity index (χ2v) is 7.56. The van der Waals surface area contributed by atoms with Crippen LogP contribution in [0.2, 0.25) is 0 Å². The Morgan fingerprint density at radius 1 is 1.27 bits per heavy atom. The number of aliphatic hydroxyl groups is 1. The quantitative estimate of drug-likeness (QED) is 0.576. The minimum Gasteiger partial charge on any atom is -0.394 e. The van der Waals surface area contributed by atoms with E-state index >= 15 is 0 Å². The van der Waals surface area contributed by atoms with Crippen molar-refractivity contribution < 1.29 is 24.1 Å². The molecule has 0 radical (unpaired) electrons. The summed E-state index contributed by atoms with van der Waals surface area (Å²) in [6, 6.07) is 3.46. The van der Waals surface area contributed by atoms with E-state index in [1.54, 1.807) is 38.4 Å². The van der Waals surface area contributed by atoms with Gasteiger partial charge in [-0.05, 0) is 31.5 Å². The molecule has 11 nitrogen and oxygen atoms in total. The van der Waals surface area contributed by atoms with Crippen LogP contribution in [0, 0.1) is 0 Å². The van der Waals surface area contributed by atoms with E-state index in [0.29, 0.717) is 0 Å². The summed E-state index contributed by atoms with van der Waals surface area (Å²) in [7, 11) is 0. The molecule has 30 heavy (non-hydrogen) atoms. The van der Waals surface area contributed by atoms with Gasteiger partial charge < -0.3 is 24.6 Å². The molecule has 2 aromatic rings. The van der Waals surface area contributed by atoms with Crippen LogP contribution in [0.15, 0.2) is 40.3 Å². The molecular formula is C19H22N4O7. The maximum Gasteiger partial charge on any atom is 0.330 e. The maximum atomic E-state index is 12.6. The summed E-state index contributed by atoms with van der Waals surface area (Å²) in [5.41, 5.74) is -1.04. The van der Waals surface area contributed by atoms with Crippen molar-refractivity contribution in [1.29, 1.82) is 0 Å². The first-order chi connectivity index (χ1) is 14.3. The molecule has 0 aromatic carbocycles. The van der Waals surface area contributed by atoms with Gasteiger partial charge in [-0.1, -0.05) is 0 Å². The molecule has 0 aliphatic carbocycles. The number of nitrogens with zero attached hydrogens (tertiary/aromatic N) is 2. The molecule has 0 saturated carbocycles. The van der Waals surface area contributed by atoms with Crippen LogP contribution in [0.4, 0.5) is 0 Å². The zero-order valence-electron chi connectivity index (χ0n) is 16.4. The number of pyridine rings is 1. The number of aromatic nitrogens is 3. The molecule has 4 atom stereocenters. The molecule has 0 spiro atoms. The van der Waals surface area contributed by atoms with Crippen LogP contribution < -0.4 is 16.6 Å². The molecule has 160 valence electrons. The van der Waals surface area contributed by atoms with Crippen molar-refractivity contribution in [2.45, 2.75) is 50.7 Å². The van der Waals surface area contributed by atoms with E-state index in [0.717, 1.165) is 16.3 Å². The summed E-state index contributed by atoms with van der Waals surface area (Å²) in [6.45, 7) is 3.27. The van der Waals surface area contributed by atoms with Crippen molar-refractivity contribution in [3.63, 3.8) is 0 Å². The number of H-pyrrole nitrogens is 1. The minimum atomic E-state index is -0.981. The topological polar surface area (TPSA) is 145 Å². The van der Waals surface area contributed by atoms with Gasteiger partial charge in [-0.3, -0.25) is 24.1 Å². The Morgan fingerprint density at radius 3 is 2.67 bits per heavy atom. The number of aromatic amines is 1. The molecule has 0 unspecified atom stereocenters. The Kier molecular flexibility index (Phi) is 5.28. The van der Waals surface area contributed by atoms with E-state index in [9.17, 15) is 19.5 Å². The lowest BCUT2D eigenvalue weighted by Gasteiger charge is -2.24. The summed E-state index contributed by atoms with van der Waals surface area (Å²) < 4.78 is 18.5. The number of aliphatic hydroxyl groups excluding tert-OH is 1. The van der Waals surface area contributed by atoms with Gasteiger partial charge in [0.1, 0.15) is 23.9 Å². The fourth-order valence-electron chi connectivity index (χ4n) is 3.64. The molecule has 4 heterocycles. The van der Waals surface area contributed by atoms with Crippen LogP contribution in [-0.2, 0) is 20.8 Å². The first-order valence-electron chi connectivity index (χ1n) is 9.43. The summed E-state index contributed by atoms with van der Waals surface area (Å²) in [4.78, 5) is 43.3. The monoisotopic (exact) mass is 418 g/mol. The number of fused-ring (bicyclic) bond motifs is 1. The van der Waals surface area contributed by atoms with Gasteiger partial charge in [0.25, 0.3) is 11.5 Å². The number of hydrogen-bond donors (Lipinski definition) is 3. The highest BCUT2D eigenvalue weighted by Gasteiger charge is 2.56. The van der Waals surface area contributed by atoms with E-state index in [4.69, 9.17) is 14.2 Å². The highest BCUT2D eigenvalue weighted by molar-refractivity contribution is 5.93. The van der Waals surface area contributed by atoms with Gasteiger partial charge >= 0.3 is 5.69 Å². The molecule has 2 aliphatic rings. The van der Waals surface area contributed by atoms with Crippen LogP contribution in [0.25, 0.3) is 0 Å². The average molecular weight is 418 g/mol. The Labute approximate surface area is 170 Å². The molecule has 2 fully saturated rings. The van der Waals surface area contributed by atoms with Crippen molar-refractivity contribution in [2.24, 2.45) is 0 Å². The standard InChI is InChI=1S/C19H22N4O7/c1-19(2)29-13-12(9-24)28-17(14(13)30-19)23-8-11(16(26)22-18(23)27)15(25)21-7-10-3-5-20-6-4-10/h3-6,8,12-14,17,24H,7,9H2,1-2H3,(H,21,25)(H,22,26,27)/t12-,13-,14-,17-/m1/s1. The van der Waals surface area contributed by atoms with Gasteiger partial charge in [-0.25, -0.2) is 4.79 Å². The largest absolute Gasteiger partial charge is 0.394 e. The van der Waals surface area contributed by atoms with Gasteiger partial charge in [-0.2, -0.15) is 0 Å². The third kappa shape index (κ3) is 3.79. The number of carbonyl (C=O) groups is 1. The molecule has 11 heteroatoms. The smallest absolute Gasteiger partial charge is 0.330 e. The van der Waals surface area contributed by atoms with Crippen LogP contribution in [0.3, 0.4) is 0 Å². The number of nitrogens with one attached hydrogen (secondary N) is 2. The first-order valence-corrected chi connectivity index (χ1v) is 9.43. The van der Waals surface area contributed by atoms with Gasteiger partial charge in [0.15, 0.2) is 12.0 Å². The second-order valence-electron chi connectivity index (χ2n) is 7.56. The summed E-state index contributed by atoms with van der Waals surface area (Å²) in [5, 5.41) is 12.2. The molecular weight excluding hydrogens is 396 g/mol.